The van der Waals surface area contributed by atoms with E-state index in [0.717, 1.165) is 42.7 Å². The van der Waals surface area contributed by atoms with Crippen LogP contribution in [0.15, 0.2) is 206 Å². The molecule has 1 aliphatic heterocycles. The third-order valence-corrected chi connectivity index (χ3v) is 21.6. The van der Waals surface area contributed by atoms with Crippen molar-refractivity contribution >= 4 is 11.9 Å². The summed E-state index contributed by atoms with van der Waals surface area (Å²) in [4.78, 5) is 31.6. The van der Waals surface area contributed by atoms with E-state index in [-0.39, 0.29) is 56.3 Å². The van der Waals surface area contributed by atoms with E-state index in [1.807, 2.05) is 4.90 Å². The number of hydrogen-bond donors (Lipinski definition) is 0. The highest BCUT2D eigenvalue weighted by Crippen LogP contribution is 2.52. The van der Waals surface area contributed by atoms with Gasteiger partial charge in [-0.15, -0.1) is 0 Å². The molecule has 97 heavy (non-hydrogen) atoms. The molecule has 6 nitrogen and oxygen atoms in total. The van der Waals surface area contributed by atoms with E-state index in [2.05, 4.69) is 325 Å². The van der Waals surface area contributed by atoms with Gasteiger partial charge in [-0.1, -0.05) is 306 Å². The summed E-state index contributed by atoms with van der Waals surface area (Å²) in [6.07, 6.45) is 6.64. The Labute approximate surface area is 583 Å². The minimum Gasteiger partial charge on any atom is -0.494 e. The zero-order valence-corrected chi connectivity index (χ0v) is 61.9. The molecule has 6 heteroatoms. The van der Waals surface area contributed by atoms with E-state index in [0.29, 0.717) is 45.2 Å². The monoisotopic (exact) mass is 1290 g/mol. The van der Waals surface area contributed by atoms with E-state index in [4.69, 9.17) is 9.47 Å². The first-order chi connectivity index (χ1) is 45.7. The van der Waals surface area contributed by atoms with Crippen molar-refractivity contribution in [2.75, 3.05) is 32.8 Å². The van der Waals surface area contributed by atoms with Gasteiger partial charge in [0.2, 0.25) is 5.91 Å². The van der Waals surface area contributed by atoms with E-state index in [1.54, 1.807) is 0 Å². The minimum absolute atomic E-state index is 0.00952. The van der Waals surface area contributed by atoms with Gasteiger partial charge in [0, 0.05) is 25.6 Å². The number of ether oxygens (including phenoxy) is 2. The minimum atomic E-state index is -0.622. The molecule has 0 aromatic heterocycles. The summed E-state index contributed by atoms with van der Waals surface area (Å²) in [5.74, 6) is 2.02. The largest absolute Gasteiger partial charge is 0.494 e. The molecule has 0 unspecified atom stereocenters. The van der Waals surface area contributed by atoms with Crippen LogP contribution in [0, 0.1) is 17.8 Å². The number of fused-ring (bicyclic) bond motifs is 2. The molecule has 11 rings (SSSR count). The van der Waals surface area contributed by atoms with Gasteiger partial charge in [-0.3, -0.25) is 9.69 Å². The van der Waals surface area contributed by atoms with Crippen LogP contribution < -0.4 is 9.47 Å². The van der Waals surface area contributed by atoms with Gasteiger partial charge in [0.15, 0.2) is 0 Å². The summed E-state index contributed by atoms with van der Waals surface area (Å²) < 4.78 is 13.0. The van der Waals surface area contributed by atoms with E-state index in [1.165, 1.54) is 82.8 Å². The van der Waals surface area contributed by atoms with Crippen molar-refractivity contribution in [3.8, 4) is 11.5 Å². The Bertz CT molecular complexity index is 3760. The summed E-state index contributed by atoms with van der Waals surface area (Å²) >= 11 is 0. The van der Waals surface area contributed by atoms with Crippen LogP contribution in [0.3, 0.4) is 0 Å². The topological polar surface area (TPSA) is 59.1 Å². The molecule has 3 atom stereocenters. The molecule has 1 saturated carbocycles. The Morgan fingerprint density at radius 3 is 0.897 bits per heavy atom. The Kier molecular flexibility index (Phi) is 19.6. The average Bonchev–Trinajstić information content (AvgIpc) is 1.45. The number of carbonyl (C=O) groups excluding carboxylic acids is 2. The maximum atomic E-state index is 14.2. The first-order valence-electron chi connectivity index (χ1n) is 36.1. The van der Waals surface area contributed by atoms with Crippen molar-refractivity contribution in [3.63, 3.8) is 0 Å². The smallest absolute Gasteiger partial charge is 0.326 e. The summed E-state index contributed by atoms with van der Waals surface area (Å²) in [6, 6.07) is 73.1. The van der Waals surface area contributed by atoms with Crippen molar-refractivity contribution in [3.05, 3.63) is 284 Å². The van der Waals surface area contributed by atoms with Crippen LogP contribution >= 0.6 is 0 Å². The van der Waals surface area contributed by atoms with Gasteiger partial charge in [0.25, 0.3) is 0 Å². The molecule has 1 saturated heterocycles. The number of imide groups is 1. The van der Waals surface area contributed by atoms with Crippen molar-refractivity contribution in [1.82, 2.24) is 9.80 Å². The van der Waals surface area contributed by atoms with Crippen molar-refractivity contribution < 1.29 is 19.1 Å². The van der Waals surface area contributed by atoms with Crippen LogP contribution in [-0.4, -0.2) is 54.6 Å². The summed E-state index contributed by atoms with van der Waals surface area (Å²) in [5, 5.41) is 0. The lowest BCUT2D eigenvalue weighted by Crippen LogP contribution is -2.41. The number of urea groups is 1. The standard InChI is InChI=1S/C91H110N2O4/c1-84(2,3)65-22-34-71(35-23-65)90(72-36-24-66(25-37-72)85(4,5)6,73-38-26-67(27-39-73)86(7,8)9)77-46-50-79(51-47-77)96-57-19-21-62-59-64-60-63(62)61-81(64)82(94)93-56-55-92(83(93)95)54-20-58-97-80-52-48-78(49-53-80)91(74-40-28-68(29-41-74)87(10,11)12,75-42-30-69(31-43-75)88(13,14)15)76-44-32-70(33-45-76)89(16,17)18/h22-53,59,63-64,81H,19-21,54-58,60-61H2,1-18H3/t63-,64+,81-/m0/s1. The van der Waals surface area contributed by atoms with Crippen LogP contribution in [0.25, 0.3) is 0 Å². The van der Waals surface area contributed by atoms with Gasteiger partial charge in [-0.2, -0.15) is 0 Å². The molecule has 508 valence electrons. The second kappa shape index (κ2) is 27.0. The Morgan fingerprint density at radius 1 is 0.361 bits per heavy atom. The Hall–Kier alpha value is -7.96. The van der Waals surface area contributed by atoms with E-state index in [9.17, 15) is 9.59 Å². The van der Waals surface area contributed by atoms with Gasteiger partial charge in [-0.25, -0.2) is 4.79 Å². The number of hydrogen-bond acceptors (Lipinski definition) is 4. The quantitative estimate of drug-likeness (QED) is 0.0460. The maximum absolute atomic E-state index is 14.2. The van der Waals surface area contributed by atoms with Gasteiger partial charge in [0.1, 0.15) is 11.5 Å². The van der Waals surface area contributed by atoms with Gasteiger partial charge >= 0.3 is 6.03 Å². The van der Waals surface area contributed by atoms with E-state index < -0.39 is 10.8 Å². The van der Waals surface area contributed by atoms with Gasteiger partial charge in [0.05, 0.1) is 24.0 Å². The van der Waals surface area contributed by atoms with Crippen LogP contribution in [0.2, 0.25) is 0 Å². The molecule has 3 amide bonds. The fourth-order valence-corrected chi connectivity index (χ4v) is 15.6. The lowest BCUT2D eigenvalue weighted by Gasteiger charge is -2.38. The molecular weight excluding hydrogens is 1190 g/mol. The number of rotatable bonds is 19. The van der Waals surface area contributed by atoms with Gasteiger partial charge in [-0.05, 0) is 179 Å². The Morgan fingerprint density at radius 2 is 0.629 bits per heavy atom. The zero-order chi connectivity index (χ0) is 69.7. The zero-order valence-electron chi connectivity index (χ0n) is 61.9. The van der Waals surface area contributed by atoms with Crippen LogP contribution in [0.4, 0.5) is 4.79 Å². The first kappa shape index (κ1) is 70.4. The number of carbonyl (C=O) groups is 2. The van der Waals surface area contributed by atoms with Crippen LogP contribution in [-0.2, 0) is 48.1 Å². The summed E-state index contributed by atoms with van der Waals surface area (Å²) in [7, 11) is 0. The fraction of sp³-hybridized carbons (Fsp3) is 0.429. The number of benzene rings is 8. The first-order valence-corrected chi connectivity index (χ1v) is 36.1. The number of nitrogens with zero attached hydrogens (tertiary/aromatic N) is 2. The SMILES string of the molecule is CC(C)(C)c1ccc(C(c2ccc(OCCCC3=C[C@@H]4C[C@H]3C[C@@H]4C(=O)N3CCN(CCCOc4ccc(C(c5ccc(C(C)(C)C)cc5)(c5ccc(C(C)(C)C)cc5)c5ccc(C(C)(C)C)cc5)cc4)C3=O)cc2)(c2ccc(C(C)(C)C)cc2)c2ccc(C(C)(C)C)cc2)cc1. The second-order valence-corrected chi connectivity index (χ2v) is 34.6. The average molecular weight is 1300 g/mol. The molecule has 0 spiro atoms. The van der Waals surface area contributed by atoms with Crippen LogP contribution in [0.1, 0.15) is 235 Å². The molecule has 2 aliphatic carbocycles. The fourth-order valence-electron chi connectivity index (χ4n) is 15.6. The number of amides is 3. The molecule has 2 bridgehead atoms. The third-order valence-electron chi connectivity index (χ3n) is 21.6. The molecule has 2 fully saturated rings. The maximum Gasteiger partial charge on any atom is 0.326 e. The Balaban J connectivity index is 0.713. The predicted molar refractivity (Wildman–Crippen MR) is 403 cm³/mol. The van der Waals surface area contributed by atoms with E-state index >= 15 is 0 Å². The molecule has 0 N–H and O–H groups in total. The van der Waals surface area contributed by atoms with Crippen LogP contribution in [0.5, 0.6) is 11.5 Å². The van der Waals surface area contributed by atoms with Crippen molar-refractivity contribution in [2.45, 2.75) is 200 Å². The molecule has 1 heterocycles. The lowest BCUT2D eigenvalue weighted by atomic mass is 9.64. The normalized spacial score (nSPS) is 17.2. The highest BCUT2D eigenvalue weighted by atomic mass is 16.5. The van der Waals surface area contributed by atoms with Crippen molar-refractivity contribution in [1.29, 1.82) is 0 Å². The molecule has 8 aromatic carbocycles. The molecule has 0 radical (unpaired) electrons. The predicted octanol–water partition coefficient (Wildman–Crippen LogP) is 21.7. The molecule has 3 aliphatic rings. The third kappa shape index (κ3) is 14.6. The molecular formula is C91H110N2O4. The van der Waals surface area contributed by atoms with Crippen molar-refractivity contribution in [2.24, 2.45) is 17.8 Å². The highest BCUT2D eigenvalue weighted by Gasteiger charge is 2.48. The highest BCUT2D eigenvalue weighted by molar-refractivity contribution is 5.97. The second-order valence-electron chi connectivity index (χ2n) is 34.6. The number of allylic oxidation sites excluding steroid dienone is 2. The summed E-state index contributed by atoms with van der Waals surface area (Å²) in [6.45, 7) is 43.5. The summed E-state index contributed by atoms with van der Waals surface area (Å²) in [5.41, 5.74) is 17.8. The van der Waals surface area contributed by atoms with Gasteiger partial charge < -0.3 is 14.4 Å². The molecule has 8 aromatic rings. The lowest BCUT2D eigenvalue weighted by molar-refractivity contribution is -0.132.